The highest BCUT2D eigenvalue weighted by molar-refractivity contribution is 5.86. The number of amides is 1. The predicted octanol–water partition coefficient (Wildman–Crippen LogP) is 2.51. The number of hydrogen-bond donors (Lipinski definition) is 2. The Morgan fingerprint density at radius 3 is 2.52 bits per heavy atom. The van der Waals surface area contributed by atoms with E-state index in [1.165, 1.54) is 5.56 Å². The maximum Gasteiger partial charge on any atom is 0.264 e. The second-order valence-corrected chi connectivity index (χ2v) is 7.64. The minimum Gasteiger partial charge on any atom is -0.477 e. The van der Waals surface area contributed by atoms with Gasteiger partial charge in [0.1, 0.15) is 5.75 Å². The van der Waals surface area contributed by atoms with Crippen molar-refractivity contribution in [2.75, 3.05) is 13.1 Å². The number of benzene rings is 1. The van der Waals surface area contributed by atoms with Gasteiger partial charge in [-0.1, -0.05) is 17.7 Å². The Balaban J connectivity index is 1.70. The summed E-state index contributed by atoms with van der Waals surface area (Å²) >= 11 is 0. The molecule has 0 radical (unpaired) electrons. The molecule has 1 aromatic carbocycles. The number of nitrogens with one attached hydrogen (secondary N) is 2. The van der Waals surface area contributed by atoms with E-state index in [1.807, 2.05) is 62.7 Å². The van der Waals surface area contributed by atoms with Crippen molar-refractivity contribution in [2.24, 2.45) is 0 Å². The summed E-state index contributed by atoms with van der Waals surface area (Å²) < 4.78 is 8.20. The zero-order valence-electron chi connectivity index (χ0n) is 16.7. The molecule has 6 heteroatoms. The lowest BCUT2D eigenvalue weighted by Gasteiger charge is -2.37. The molecule has 0 aliphatic carbocycles. The minimum absolute atomic E-state index is 0.0381. The highest BCUT2D eigenvalue weighted by Gasteiger charge is 2.42. The monoisotopic (exact) mass is 370 g/mol. The Hall–Kier alpha value is -2.34. The third-order valence-corrected chi connectivity index (χ3v) is 5.09. The van der Waals surface area contributed by atoms with Crippen LogP contribution in [0.4, 0.5) is 0 Å². The van der Waals surface area contributed by atoms with E-state index in [0.717, 1.165) is 30.2 Å². The summed E-state index contributed by atoms with van der Waals surface area (Å²) in [6.45, 7) is 10.2. The van der Waals surface area contributed by atoms with Crippen LogP contribution in [0.5, 0.6) is 5.75 Å². The van der Waals surface area contributed by atoms with Crippen LogP contribution < -0.4 is 15.4 Å². The normalized spacial score (nSPS) is 17.3. The summed E-state index contributed by atoms with van der Waals surface area (Å²) in [4.78, 5) is 13.2. The van der Waals surface area contributed by atoms with Crippen molar-refractivity contribution >= 4 is 5.91 Å². The van der Waals surface area contributed by atoms with Gasteiger partial charge in [-0.25, -0.2) is 0 Å². The lowest BCUT2D eigenvalue weighted by molar-refractivity contribution is -0.140. The second-order valence-electron chi connectivity index (χ2n) is 7.64. The van der Waals surface area contributed by atoms with Crippen LogP contribution in [-0.4, -0.2) is 40.4 Å². The van der Waals surface area contributed by atoms with Crippen LogP contribution in [0.3, 0.4) is 0 Å². The Bertz CT molecular complexity index is 776. The molecule has 2 aromatic rings. The van der Waals surface area contributed by atoms with Crippen molar-refractivity contribution in [3.05, 3.63) is 47.3 Å². The van der Waals surface area contributed by atoms with Crippen molar-refractivity contribution < 1.29 is 9.53 Å². The van der Waals surface area contributed by atoms with Gasteiger partial charge in [-0.2, -0.15) is 5.10 Å². The maximum atomic E-state index is 13.2. The molecule has 2 heterocycles. The third kappa shape index (κ3) is 4.69. The summed E-state index contributed by atoms with van der Waals surface area (Å²) in [7, 11) is 0. The molecule has 3 rings (SSSR count). The number of carbonyl (C=O) groups is 1. The number of aryl methyl sites for hydroxylation is 3. The van der Waals surface area contributed by atoms with Crippen LogP contribution in [0, 0.1) is 20.8 Å². The Morgan fingerprint density at radius 2 is 1.93 bits per heavy atom. The fourth-order valence-electron chi connectivity index (χ4n) is 3.56. The number of aromatic nitrogens is 2. The van der Waals surface area contributed by atoms with Gasteiger partial charge in [-0.15, -0.1) is 0 Å². The predicted molar refractivity (Wildman–Crippen MR) is 106 cm³/mol. The molecule has 1 saturated heterocycles. The van der Waals surface area contributed by atoms with Gasteiger partial charge in [0.25, 0.3) is 5.91 Å². The zero-order valence-corrected chi connectivity index (χ0v) is 16.7. The van der Waals surface area contributed by atoms with E-state index >= 15 is 0 Å². The first kappa shape index (κ1) is 19.4. The van der Waals surface area contributed by atoms with E-state index in [4.69, 9.17) is 4.74 Å². The number of nitrogens with zero attached hydrogens (tertiary/aromatic N) is 2. The summed E-state index contributed by atoms with van der Waals surface area (Å²) in [5.41, 5.74) is 2.43. The Morgan fingerprint density at radius 1 is 1.26 bits per heavy atom. The SMILES string of the molecule is Cc1ccc(OC2(C(=O)N[C@H](C)Cn3nc(C)cc3C)CCNCC2)cc1. The average molecular weight is 370 g/mol. The molecule has 0 bridgehead atoms. The number of rotatable bonds is 6. The minimum atomic E-state index is -0.830. The van der Waals surface area contributed by atoms with E-state index in [1.54, 1.807) is 0 Å². The molecule has 1 aromatic heterocycles. The maximum absolute atomic E-state index is 13.2. The summed E-state index contributed by atoms with van der Waals surface area (Å²) in [5.74, 6) is 0.697. The molecule has 2 N–H and O–H groups in total. The summed E-state index contributed by atoms with van der Waals surface area (Å²) in [6, 6.07) is 9.89. The van der Waals surface area contributed by atoms with E-state index in [9.17, 15) is 4.79 Å². The van der Waals surface area contributed by atoms with Crippen LogP contribution >= 0.6 is 0 Å². The van der Waals surface area contributed by atoms with Crippen molar-refractivity contribution in [2.45, 2.75) is 58.7 Å². The zero-order chi connectivity index (χ0) is 19.4. The van der Waals surface area contributed by atoms with Gasteiger partial charge in [0.2, 0.25) is 0 Å². The standard InChI is InChI=1S/C21H30N4O2/c1-15-5-7-19(8-6-15)27-21(9-11-22-12-10-21)20(26)23-17(3)14-25-18(4)13-16(2)24-25/h5-8,13,17,22H,9-12,14H2,1-4H3,(H,23,26)/t17-/m1/s1. The van der Waals surface area contributed by atoms with E-state index in [-0.39, 0.29) is 11.9 Å². The summed E-state index contributed by atoms with van der Waals surface area (Å²) in [6.07, 6.45) is 1.30. The van der Waals surface area contributed by atoms with E-state index in [0.29, 0.717) is 19.4 Å². The topological polar surface area (TPSA) is 68.2 Å². The number of piperidine rings is 1. The van der Waals surface area contributed by atoms with Gasteiger partial charge in [0.15, 0.2) is 5.60 Å². The van der Waals surface area contributed by atoms with Crippen LogP contribution in [0.25, 0.3) is 0 Å². The number of ether oxygens (including phenoxy) is 1. The molecular weight excluding hydrogens is 340 g/mol. The Kier molecular flexibility index (Phi) is 5.85. The quantitative estimate of drug-likeness (QED) is 0.820. The van der Waals surface area contributed by atoms with Crippen LogP contribution in [0.1, 0.15) is 36.7 Å². The van der Waals surface area contributed by atoms with Crippen molar-refractivity contribution in [1.29, 1.82) is 0 Å². The third-order valence-electron chi connectivity index (χ3n) is 5.09. The Labute approximate surface area is 161 Å². The van der Waals surface area contributed by atoms with Gasteiger partial charge >= 0.3 is 0 Å². The van der Waals surface area contributed by atoms with Crippen molar-refractivity contribution in [3.8, 4) is 5.75 Å². The molecule has 1 atom stereocenters. The lowest BCUT2D eigenvalue weighted by Crippen LogP contribution is -2.58. The van der Waals surface area contributed by atoms with Crippen molar-refractivity contribution in [1.82, 2.24) is 20.4 Å². The number of hydrogen-bond acceptors (Lipinski definition) is 4. The number of carbonyl (C=O) groups excluding carboxylic acids is 1. The molecule has 1 aliphatic heterocycles. The average Bonchev–Trinajstić information content (AvgIpc) is 2.94. The fraction of sp³-hybridized carbons (Fsp3) is 0.524. The molecule has 27 heavy (non-hydrogen) atoms. The molecule has 0 spiro atoms. The van der Waals surface area contributed by atoms with Gasteiger partial charge in [-0.05, 0) is 59.0 Å². The molecule has 0 saturated carbocycles. The molecular formula is C21H30N4O2. The molecule has 1 fully saturated rings. The fourth-order valence-corrected chi connectivity index (χ4v) is 3.56. The van der Waals surface area contributed by atoms with Crippen molar-refractivity contribution in [3.63, 3.8) is 0 Å². The largest absolute Gasteiger partial charge is 0.477 e. The molecule has 6 nitrogen and oxygen atoms in total. The van der Waals surface area contributed by atoms with Gasteiger partial charge < -0.3 is 15.4 Å². The molecule has 1 amide bonds. The highest BCUT2D eigenvalue weighted by Crippen LogP contribution is 2.27. The lowest BCUT2D eigenvalue weighted by atomic mass is 9.90. The summed E-state index contributed by atoms with van der Waals surface area (Å²) in [5, 5.41) is 11.0. The van der Waals surface area contributed by atoms with Crippen LogP contribution in [0.15, 0.2) is 30.3 Å². The smallest absolute Gasteiger partial charge is 0.264 e. The first-order valence-corrected chi connectivity index (χ1v) is 9.66. The van der Waals surface area contributed by atoms with E-state index < -0.39 is 5.60 Å². The van der Waals surface area contributed by atoms with Gasteiger partial charge in [0, 0.05) is 24.6 Å². The second kappa shape index (κ2) is 8.13. The highest BCUT2D eigenvalue weighted by atomic mass is 16.5. The van der Waals surface area contributed by atoms with E-state index in [2.05, 4.69) is 15.7 Å². The van der Waals surface area contributed by atoms with Gasteiger partial charge in [0.05, 0.1) is 12.2 Å². The first-order valence-electron chi connectivity index (χ1n) is 9.66. The van der Waals surface area contributed by atoms with Crippen LogP contribution in [-0.2, 0) is 11.3 Å². The molecule has 146 valence electrons. The van der Waals surface area contributed by atoms with Gasteiger partial charge in [-0.3, -0.25) is 9.48 Å². The molecule has 1 aliphatic rings. The van der Waals surface area contributed by atoms with Crippen LogP contribution in [0.2, 0.25) is 0 Å². The first-order chi connectivity index (χ1) is 12.9. The molecule has 0 unspecified atom stereocenters.